The molecule has 0 aliphatic carbocycles. The number of esters is 1. The number of sulfonamides is 1. The predicted octanol–water partition coefficient (Wildman–Crippen LogP) is 4.14. The van der Waals surface area contributed by atoms with Crippen LogP contribution in [0.3, 0.4) is 0 Å². The van der Waals surface area contributed by atoms with Gasteiger partial charge in [-0.25, -0.2) is 13.4 Å². The van der Waals surface area contributed by atoms with Gasteiger partial charge in [0.2, 0.25) is 10.0 Å². The van der Waals surface area contributed by atoms with Crippen LogP contribution in [0.4, 0.5) is 0 Å². The quantitative estimate of drug-likeness (QED) is 0.539. The highest BCUT2D eigenvalue weighted by atomic mass is 35.5. The molecule has 0 saturated carbocycles. The number of hydrogen-bond acceptors (Lipinski definition) is 6. The van der Waals surface area contributed by atoms with Gasteiger partial charge >= 0.3 is 5.97 Å². The van der Waals surface area contributed by atoms with E-state index in [0.29, 0.717) is 5.69 Å². The number of ether oxygens (including phenoxy) is 1. The molecule has 1 heterocycles. The predicted molar refractivity (Wildman–Crippen MR) is 109 cm³/mol. The van der Waals surface area contributed by atoms with Crippen molar-refractivity contribution in [3.05, 3.63) is 69.7 Å². The molecular weight excluding hydrogens is 443 g/mol. The minimum absolute atomic E-state index is 0.0450. The van der Waals surface area contributed by atoms with Crippen molar-refractivity contribution < 1.29 is 17.9 Å². The Kier molecular flexibility index (Phi) is 6.69. The topological polar surface area (TPSA) is 85.4 Å². The molecule has 0 atom stereocenters. The fourth-order valence-corrected chi connectivity index (χ4v) is 4.34. The van der Waals surface area contributed by atoms with Crippen molar-refractivity contribution in [1.82, 2.24) is 9.71 Å². The minimum atomic E-state index is -3.92. The summed E-state index contributed by atoms with van der Waals surface area (Å²) >= 11 is 13.0. The van der Waals surface area contributed by atoms with Gasteiger partial charge in [-0.05, 0) is 18.2 Å². The van der Waals surface area contributed by atoms with Gasteiger partial charge in [-0.1, -0.05) is 53.5 Å². The van der Waals surface area contributed by atoms with Gasteiger partial charge < -0.3 is 4.74 Å². The number of carbonyl (C=O) groups is 1. The van der Waals surface area contributed by atoms with E-state index in [1.165, 1.54) is 29.5 Å². The highest BCUT2D eigenvalue weighted by Gasteiger charge is 2.17. The molecule has 0 aliphatic heterocycles. The van der Waals surface area contributed by atoms with Crippen LogP contribution in [-0.2, 0) is 26.2 Å². The lowest BCUT2D eigenvalue weighted by molar-refractivity contribution is -0.143. The van der Waals surface area contributed by atoms with E-state index in [4.69, 9.17) is 27.9 Å². The monoisotopic (exact) mass is 456 g/mol. The lowest BCUT2D eigenvalue weighted by Crippen LogP contribution is -2.30. The molecule has 1 aromatic heterocycles. The molecule has 10 heteroatoms. The lowest BCUT2D eigenvalue weighted by atomic mass is 10.2. The third-order valence-corrected chi connectivity index (χ3v) is 6.64. The number of rotatable bonds is 7. The Morgan fingerprint density at radius 1 is 1.11 bits per heavy atom. The number of nitrogens with one attached hydrogen (secondary N) is 1. The Morgan fingerprint density at radius 2 is 1.86 bits per heavy atom. The van der Waals surface area contributed by atoms with E-state index in [1.54, 1.807) is 5.38 Å². The van der Waals surface area contributed by atoms with Gasteiger partial charge in [0.15, 0.2) is 0 Å². The Morgan fingerprint density at radius 3 is 2.57 bits per heavy atom. The van der Waals surface area contributed by atoms with Crippen LogP contribution in [0.25, 0.3) is 10.6 Å². The summed E-state index contributed by atoms with van der Waals surface area (Å²) in [5, 5.41) is 2.94. The molecule has 0 bridgehead atoms. The van der Waals surface area contributed by atoms with Crippen LogP contribution in [0.5, 0.6) is 0 Å². The molecule has 3 rings (SSSR count). The highest BCUT2D eigenvalue weighted by Crippen LogP contribution is 2.25. The normalized spacial score (nSPS) is 11.4. The fourth-order valence-electron chi connectivity index (χ4n) is 2.17. The van der Waals surface area contributed by atoms with E-state index in [9.17, 15) is 13.2 Å². The largest absolute Gasteiger partial charge is 0.458 e. The van der Waals surface area contributed by atoms with Gasteiger partial charge in [-0.3, -0.25) is 4.79 Å². The van der Waals surface area contributed by atoms with Crippen molar-refractivity contribution in [3.8, 4) is 10.6 Å². The number of hydrogen-bond donors (Lipinski definition) is 1. The summed E-state index contributed by atoms with van der Waals surface area (Å²) in [6, 6.07) is 13.5. The smallest absolute Gasteiger partial charge is 0.321 e. The summed E-state index contributed by atoms with van der Waals surface area (Å²) in [5.41, 5.74) is 1.56. The molecule has 0 spiro atoms. The first-order valence-electron chi connectivity index (χ1n) is 7.95. The van der Waals surface area contributed by atoms with Crippen LogP contribution in [0, 0.1) is 0 Å². The average Bonchev–Trinajstić information content (AvgIpc) is 3.16. The van der Waals surface area contributed by atoms with E-state index in [-0.39, 0.29) is 21.5 Å². The van der Waals surface area contributed by atoms with Crippen molar-refractivity contribution in [2.24, 2.45) is 0 Å². The van der Waals surface area contributed by atoms with Crippen LogP contribution in [0.1, 0.15) is 5.69 Å². The van der Waals surface area contributed by atoms with Gasteiger partial charge in [0.25, 0.3) is 0 Å². The summed E-state index contributed by atoms with van der Waals surface area (Å²) < 4.78 is 31.7. The summed E-state index contributed by atoms with van der Waals surface area (Å²) in [6.07, 6.45) is 0. The molecule has 6 nitrogen and oxygen atoms in total. The SMILES string of the molecule is O=C(CNS(=O)(=O)c1ccc(Cl)c(Cl)c1)OCc1csc(-c2ccccc2)n1. The Bertz CT molecular complexity index is 1090. The molecule has 3 aromatic rings. The first-order chi connectivity index (χ1) is 13.3. The number of thiazole rings is 1. The van der Waals surface area contributed by atoms with E-state index in [1.807, 2.05) is 30.3 Å². The maximum Gasteiger partial charge on any atom is 0.321 e. The number of aromatic nitrogens is 1. The standard InChI is InChI=1S/C18H14Cl2N2O4S2/c19-15-7-6-14(8-16(15)20)28(24,25)21-9-17(23)26-10-13-11-27-18(22-13)12-4-2-1-3-5-12/h1-8,11,21H,9-10H2. The zero-order chi connectivity index (χ0) is 20.1. The fraction of sp³-hybridized carbons (Fsp3) is 0.111. The molecule has 28 heavy (non-hydrogen) atoms. The molecule has 0 fully saturated rings. The van der Waals surface area contributed by atoms with Crippen LogP contribution in [0.2, 0.25) is 10.0 Å². The summed E-state index contributed by atoms with van der Waals surface area (Å²) in [6.45, 7) is -0.561. The van der Waals surface area contributed by atoms with Crippen molar-refractivity contribution in [3.63, 3.8) is 0 Å². The van der Waals surface area contributed by atoms with Gasteiger partial charge in [0, 0.05) is 10.9 Å². The molecular formula is C18H14Cl2N2O4S2. The number of carbonyl (C=O) groups excluding carboxylic acids is 1. The van der Waals surface area contributed by atoms with Crippen molar-refractivity contribution in [1.29, 1.82) is 0 Å². The minimum Gasteiger partial charge on any atom is -0.458 e. The van der Waals surface area contributed by atoms with Crippen molar-refractivity contribution in [2.45, 2.75) is 11.5 Å². The summed E-state index contributed by atoms with van der Waals surface area (Å²) in [5.74, 6) is -0.724. The zero-order valence-electron chi connectivity index (χ0n) is 14.3. The molecule has 0 saturated heterocycles. The molecule has 0 unspecified atom stereocenters. The van der Waals surface area contributed by atoms with E-state index < -0.39 is 22.5 Å². The number of benzene rings is 2. The number of halogens is 2. The van der Waals surface area contributed by atoms with Gasteiger partial charge in [-0.15, -0.1) is 11.3 Å². The molecule has 0 radical (unpaired) electrons. The molecule has 0 aliphatic rings. The number of nitrogens with zero attached hydrogens (tertiary/aromatic N) is 1. The molecule has 146 valence electrons. The van der Waals surface area contributed by atoms with Crippen LogP contribution >= 0.6 is 34.5 Å². The maximum absolute atomic E-state index is 12.2. The van der Waals surface area contributed by atoms with E-state index >= 15 is 0 Å². The van der Waals surface area contributed by atoms with Crippen molar-refractivity contribution >= 4 is 50.5 Å². The molecule has 1 N–H and O–H groups in total. The van der Waals surface area contributed by atoms with Gasteiger partial charge in [-0.2, -0.15) is 4.72 Å². The maximum atomic E-state index is 12.2. The van der Waals surface area contributed by atoms with Crippen LogP contribution < -0.4 is 4.72 Å². The lowest BCUT2D eigenvalue weighted by Gasteiger charge is -2.07. The Labute approximate surface area is 176 Å². The average molecular weight is 457 g/mol. The van der Waals surface area contributed by atoms with E-state index in [2.05, 4.69) is 9.71 Å². The molecule has 0 amide bonds. The first-order valence-corrected chi connectivity index (χ1v) is 11.1. The summed E-state index contributed by atoms with van der Waals surface area (Å²) in [4.78, 5) is 16.2. The summed E-state index contributed by atoms with van der Waals surface area (Å²) in [7, 11) is -3.92. The third-order valence-electron chi connectivity index (χ3n) is 3.56. The van der Waals surface area contributed by atoms with E-state index in [0.717, 1.165) is 10.6 Å². The third kappa shape index (κ3) is 5.30. The Balaban J connectivity index is 1.53. The van der Waals surface area contributed by atoms with Gasteiger partial charge in [0.1, 0.15) is 18.2 Å². The van der Waals surface area contributed by atoms with Crippen molar-refractivity contribution in [2.75, 3.05) is 6.54 Å². The Hall–Kier alpha value is -1.97. The second-order valence-corrected chi connectivity index (χ2v) is 9.01. The van der Waals surface area contributed by atoms with Gasteiger partial charge in [0.05, 0.1) is 20.6 Å². The van der Waals surface area contributed by atoms with Crippen LogP contribution in [0.15, 0.2) is 58.8 Å². The zero-order valence-corrected chi connectivity index (χ0v) is 17.4. The first kappa shape index (κ1) is 20.8. The molecule has 2 aromatic carbocycles. The second-order valence-electron chi connectivity index (χ2n) is 5.57. The second kappa shape index (κ2) is 9.02. The highest BCUT2D eigenvalue weighted by molar-refractivity contribution is 7.89. The van der Waals surface area contributed by atoms with Crippen LogP contribution in [-0.4, -0.2) is 25.9 Å².